The number of urea groups is 1. The highest BCUT2D eigenvalue weighted by molar-refractivity contribution is 7.90. The highest BCUT2D eigenvalue weighted by Gasteiger charge is 2.30. The van der Waals surface area contributed by atoms with Crippen LogP contribution in [0.15, 0.2) is 50.2 Å². The lowest BCUT2D eigenvalue weighted by atomic mass is 9.86. The summed E-state index contributed by atoms with van der Waals surface area (Å²) in [7, 11) is 3.44. The lowest BCUT2D eigenvalue weighted by Crippen LogP contribution is -2.40. The predicted molar refractivity (Wildman–Crippen MR) is 136 cm³/mol. The van der Waals surface area contributed by atoms with Gasteiger partial charge >= 0.3 is 6.03 Å². The van der Waals surface area contributed by atoms with Crippen molar-refractivity contribution in [3.63, 3.8) is 0 Å². The minimum atomic E-state index is -4.32. The normalized spacial score (nSPS) is 16.7. The van der Waals surface area contributed by atoms with Gasteiger partial charge in [-0.15, -0.1) is 0 Å². The number of sulfonamides is 1. The maximum Gasteiger partial charge on any atom is 0.333 e. The van der Waals surface area contributed by atoms with Crippen molar-refractivity contribution in [1.29, 1.82) is 0 Å². The van der Waals surface area contributed by atoms with E-state index in [0.29, 0.717) is 18.0 Å². The molecule has 2 aliphatic rings. The number of hydrogen-bond acceptors (Lipinski definition) is 7. The minimum Gasteiger partial charge on any atom is -0.481 e. The Hall–Kier alpha value is -3.41. The lowest BCUT2D eigenvalue weighted by Gasteiger charge is -2.25. The Morgan fingerprint density at radius 3 is 2.58 bits per heavy atom. The number of carbonyl (C=O) groups excluding carboxylic acids is 2. The molecule has 3 rings (SSSR count). The number of hydrogen-bond donors (Lipinski definition) is 2. The van der Waals surface area contributed by atoms with Gasteiger partial charge in [0.1, 0.15) is 5.69 Å². The average molecular weight is 519 g/mol. The van der Waals surface area contributed by atoms with Gasteiger partial charge < -0.3 is 15.0 Å². The van der Waals surface area contributed by atoms with Crippen molar-refractivity contribution < 1.29 is 22.7 Å². The number of nitrogens with zero attached hydrogens (tertiary/aromatic N) is 4. The van der Waals surface area contributed by atoms with Crippen molar-refractivity contribution in [2.24, 2.45) is 12.0 Å². The Morgan fingerprint density at radius 1 is 1.25 bits per heavy atom. The van der Waals surface area contributed by atoms with Crippen LogP contribution < -0.4 is 10.0 Å². The number of amides is 3. The lowest BCUT2D eigenvalue weighted by molar-refractivity contribution is 0.0817. The van der Waals surface area contributed by atoms with Gasteiger partial charge in [0, 0.05) is 46.0 Å². The monoisotopic (exact) mass is 518 g/mol. The van der Waals surface area contributed by atoms with Gasteiger partial charge in [0.25, 0.3) is 15.9 Å². The van der Waals surface area contributed by atoms with E-state index in [9.17, 15) is 18.0 Å². The van der Waals surface area contributed by atoms with Gasteiger partial charge in [0.05, 0.1) is 7.11 Å². The predicted octanol–water partition coefficient (Wildman–Crippen LogP) is 2.65. The molecule has 0 radical (unpaired) electrons. The Morgan fingerprint density at radius 2 is 1.97 bits per heavy atom. The molecule has 1 heterocycles. The third-order valence-corrected chi connectivity index (χ3v) is 7.54. The van der Waals surface area contributed by atoms with Crippen LogP contribution in [-0.2, 0) is 21.8 Å². The molecule has 0 saturated heterocycles. The van der Waals surface area contributed by atoms with Crippen molar-refractivity contribution in [2.45, 2.75) is 50.5 Å². The van der Waals surface area contributed by atoms with Crippen LogP contribution in [0.4, 0.5) is 4.79 Å². The zero-order valence-electron chi connectivity index (χ0n) is 21.6. The van der Waals surface area contributed by atoms with Crippen molar-refractivity contribution in [1.82, 2.24) is 24.7 Å². The minimum absolute atomic E-state index is 0.0862. The van der Waals surface area contributed by atoms with E-state index >= 15 is 0 Å². The van der Waals surface area contributed by atoms with Gasteiger partial charge in [-0.05, 0) is 55.2 Å². The number of allylic oxidation sites excluding steroid dienone is 4. The van der Waals surface area contributed by atoms with Crippen LogP contribution in [0.25, 0.3) is 0 Å². The maximum atomic E-state index is 13.0. The molecule has 0 unspecified atom stereocenters. The Kier molecular flexibility index (Phi) is 8.39. The number of rotatable bonds is 7. The van der Waals surface area contributed by atoms with Gasteiger partial charge in [-0.25, -0.2) is 9.52 Å². The van der Waals surface area contributed by atoms with Gasteiger partial charge in [-0.3, -0.25) is 14.5 Å². The molecular weight excluding hydrogens is 484 g/mol. The second-order valence-electron chi connectivity index (χ2n) is 8.83. The van der Waals surface area contributed by atoms with Gasteiger partial charge in [-0.2, -0.15) is 13.5 Å². The van der Waals surface area contributed by atoms with Gasteiger partial charge in [0.2, 0.25) is 5.90 Å². The molecule has 36 heavy (non-hydrogen) atoms. The largest absolute Gasteiger partial charge is 0.481 e. The number of methoxy groups -OCH3 is 1. The molecule has 0 atom stereocenters. The summed E-state index contributed by atoms with van der Waals surface area (Å²) in [6, 6.07) is 0.260. The van der Waals surface area contributed by atoms with E-state index in [4.69, 9.17) is 4.74 Å². The molecule has 1 aromatic rings. The molecule has 2 aliphatic carbocycles. The molecule has 0 bridgehead atoms. The first-order chi connectivity index (χ1) is 17.0. The fourth-order valence-electron chi connectivity index (χ4n) is 4.52. The second-order valence-corrected chi connectivity index (χ2v) is 10.5. The molecule has 196 valence electrons. The smallest absolute Gasteiger partial charge is 0.333 e. The van der Waals surface area contributed by atoms with E-state index in [1.165, 1.54) is 22.2 Å². The zero-order chi connectivity index (χ0) is 26.6. The van der Waals surface area contributed by atoms with E-state index in [0.717, 1.165) is 54.9 Å². The second kappa shape index (κ2) is 11.1. The molecule has 0 saturated carbocycles. The summed E-state index contributed by atoms with van der Waals surface area (Å²) in [6.45, 7) is 2.01. The maximum absolute atomic E-state index is 13.0. The van der Waals surface area contributed by atoms with Gasteiger partial charge in [-0.1, -0.05) is 12.5 Å². The van der Waals surface area contributed by atoms with Crippen LogP contribution in [0.1, 0.15) is 55.9 Å². The Bertz CT molecular complexity index is 1280. The summed E-state index contributed by atoms with van der Waals surface area (Å²) < 4.78 is 34.4. The molecule has 0 fully saturated rings. The summed E-state index contributed by atoms with van der Waals surface area (Å²) in [5.41, 5.74) is 4.99. The first-order valence-electron chi connectivity index (χ1n) is 11.8. The van der Waals surface area contributed by atoms with Crippen molar-refractivity contribution in [3.05, 3.63) is 45.8 Å². The number of aryl methyl sites for hydroxylation is 1. The van der Waals surface area contributed by atoms with E-state index in [1.807, 2.05) is 17.7 Å². The summed E-state index contributed by atoms with van der Waals surface area (Å²) in [6.07, 6.45) is 6.92. The third-order valence-electron chi connectivity index (χ3n) is 6.33. The van der Waals surface area contributed by atoms with E-state index in [-0.39, 0.29) is 5.69 Å². The fourth-order valence-corrected chi connectivity index (χ4v) is 5.42. The topological polar surface area (TPSA) is 135 Å². The SMILES string of the molecule is CC/C(=C\C(=NC)OC)C1=C(NC(=O)NS(=O)(=O)c2cc(C(=O)N(C)C)n(C)n2)C2=C(CCC2)CC1. The van der Waals surface area contributed by atoms with E-state index in [2.05, 4.69) is 15.4 Å². The highest BCUT2D eigenvalue weighted by Crippen LogP contribution is 2.41. The van der Waals surface area contributed by atoms with Crippen molar-refractivity contribution in [2.75, 3.05) is 28.3 Å². The molecule has 3 amide bonds. The molecule has 0 aliphatic heterocycles. The Labute approximate surface area is 212 Å². The van der Waals surface area contributed by atoms with Crippen LogP contribution in [0, 0.1) is 0 Å². The summed E-state index contributed by atoms with van der Waals surface area (Å²) in [5.74, 6) is 0.0636. The third kappa shape index (κ3) is 5.69. The molecule has 2 N–H and O–H groups in total. The number of ether oxygens (including phenoxy) is 1. The van der Waals surface area contributed by atoms with Crippen LogP contribution in [0.2, 0.25) is 0 Å². The number of nitrogens with one attached hydrogen (secondary N) is 2. The standard InChI is InChI=1S/C24H34N6O5S/c1-7-15(13-20(25-2)35-6)18-12-11-16-9-8-10-17(16)22(18)26-24(32)28-36(33,34)21-14-19(30(5)27-21)23(31)29(3)4/h13-14H,7-12H2,1-6H3,(H2,26,28,32)/b15-13+,25-20?. The first kappa shape index (κ1) is 27.2. The zero-order valence-corrected chi connectivity index (χ0v) is 22.5. The molecule has 1 aromatic heterocycles. The highest BCUT2D eigenvalue weighted by atomic mass is 32.2. The van der Waals surface area contributed by atoms with Crippen molar-refractivity contribution >= 4 is 27.9 Å². The molecule has 12 heteroatoms. The van der Waals surface area contributed by atoms with E-state index in [1.54, 1.807) is 28.3 Å². The number of aromatic nitrogens is 2. The van der Waals surface area contributed by atoms with Crippen LogP contribution in [-0.4, -0.2) is 69.2 Å². The van der Waals surface area contributed by atoms with Crippen LogP contribution in [0.5, 0.6) is 0 Å². The average Bonchev–Trinajstić information content (AvgIpc) is 3.47. The fraction of sp³-hybridized carbons (Fsp3) is 0.500. The van der Waals surface area contributed by atoms with Crippen molar-refractivity contribution in [3.8, 4) is 0 Å². The summed E-state index contributed by atoms with van der Waals surface area (Å²) in [5, 5.41) is 6.33. The van der Waals surface area contributed by atoms with E-state index < -0.39 is 27.0 Å². The molecule has 0 aromatic carbocycles. The quantitative estimate of drug-likeness (QED) is 0.421. The Balaban J connectivity index is 1.92. The van der Waals surface area contributed by atoms with Gasteiger partial charge in [0.15, 0.2) is 5.03 Å². The van der Waals surface area contributed by atoms with Crippen LogP contribution >= 0.6 is 0 Å². The molecular formula is C24H34N6O5S. The summed E-state index contributed by atoms with van der Waals surface area (Å²) >= 11 is 0. The van der Waals surface area contributed by atoms with Crippen LogP contribution in [0.3, 0.4) is 0 Å². The first-order valence-corrected chi connectivity index (χ1v) is 13.3. The summed E-state index contributed by atoms with van der Waals surface area (Å²) in [4.78, 5) is 30.7. The molecule has 0 spiro atoms. The number of aliphatic imine (C=N–C) groups is 1. The molecule has 11 nitrogen and oxygen atoms in total. The number of carbonyl (C=O) groups is 2.